The number of carbonyl (C=O) groups excluding carboxylic acids is 1. The van der Waals surface area contributed by atoms with E-state index in [0.717, 1.165) is 0 Å². The van der Waals surface area contributed by atoms with Crippen molar-refractivity contribution in [3.8, 4) is 17.6 Å². The molecule has 0 atom stereocenters. The van der Waals surface area contributed by atoms with Crippen molar-refractivity contribution in [2.75, 3.05) is 19.0 Å². The lowest BCUT2D eigenvalue weighted by Gasteiger charge is -2.11. The number of amides is 1. The van der Waals surface area contributed by atoms with Crippen LogP contribution in [0.5, 0.6) is 11.5 Å². The lowest BCUT2D eigenvalue weighted by molar-refractivity contribution is -0.385. The monoisotopic (exact) mass is 341 g/mol. The van der Waals surface area contributed by atoms with Crippen LogP contribution in [0.2, 0.25) is 0 Å². The number of nitro benzene ring substituents is 1. The van der Waals surface area contributed by atoms with E-state index in [2.05, 4.69) is 5.32 Å². The Balaban J connectivity index is 2.07. The second-order valence-electron chi connectivity index (χ2n) is 5.07. The fourth-order valence-corrected chi connectivity index (χ4v) is 2.10. The van der Waals surface area contributed by atoms with Crippen LogP contribution in [0, 0.1) is 28.4 Å². The van der Waals surface area contributed by atoms with E-state index in [4.69, 9.17) is 14.7 Å². The molecule has 25 heavy (non-hydrogen) atoms. The summed E-state index contributed by atoms with van der Waals surface area (Å²) in [6, 6.07) is 11.1. The van der Waals surface area contributed by atoms with Crippen molar-refractivity contribution in [3.05, 3.63) is 57.6 Å². The Morgan fingerprint density at radius 1 is 1.36 bits per heavy atom. The summed E-state index contributed by atoms with van der Waals surface area (Å²) in [5, 5.41) is 22.4. The average molecular weight is 341 g/mol. The first kappa shape index (κ1) is 17.7. The van der Waals surface area contributed by atoms with Crippen LogP contribution >= 0.6 is 0 Å². The predicted octanol–water partition coefficient (Wildman–Crippen LogP) is 2.80. The number of ether oxygens (including phenoxy) is 2. The lowest BCUT2D eigenvalue weighted by atomic mass is 10.1. The van der Waals surface area contributed by atoms with E-state index in [-0.39, 0.29) is 18.0 Å². The number of nitrogens with zero attached hydrogens (tertiary/aromatic N) is 2. The van der Waals surface area contributed by atoms with Gasteiger partial charge in [-0.3, -0.25) is 14.9 Å². The van der Waals surface area contributed by atoms with Gasteiger partial charge in [0.05, 0.1) is 23.7 Å². The van der Waals surface area contributed by atoms with Crippen LogP contribution in [0.4, 0.5) is 11.4 Å². The van der Waals surface area contributed by atoms with Crippen LogP contribution in [0.3, 0.4) is 0 Å². The quantitative estimate of drug-likeness (QED) is 0.638. The molecule has 0 saturated carbocycles. The highest BCUT2D eigenvalue weighted by Crippen LogP contribution is 2.32. The summed E-state index contributed by atoms with van der Waals surface area (Å²) >= 11 is 0. The van der Waals surface area contributed by atoms with Crippen molar-refractivity contribution in [1.29, 1.82) is 5.26 Å². The maximum atomic E-state index is 12.0. The lowest BCUT2D eigenvalue weighted by Crippen LogP contribution is -2.20. The number of anilines is 1. The molecule has 0 saturated heterocycles. The van der Waals surface area contributed by atoms with Crippen molar-refractivity contribution in [3.63, 3.8) is 0 Å². The van der Waals surface area contributed by atoms with Crippen LogP contribution in [0.25, 0.3) is 0 Å². The van der Waals surface area contributed by atoms with Crippen LogP contribution in [0.1, 0.15) is 11.1 Å². The molecule has 8 heteroatoms. The van der Waals surface area contributed by atoms with Crippen LogP contribution in [-0.2, 0) is 4.79 Å². The third-order valence-electron chi connectivity index (χ3n) is 3.33. The molecule has 2 aromatic carbocycles. The number of nitriles is 1. The summed E-state index contributed by atoms with van der Waals surface area (Å²) in [6.45, 7) is 1.37. The van der Waals surface area contributed by atoms with Crippen molar-refractivity contribution in [1.82, 2.24) is 0 Å². The molecule has 128 valence electrons. The van der Waals surface area contributed by atoms with E-state index in [0.29, 0.717) is 22.6 Å². The Labute approximate surface area is 143 Å². The molecule has 2 rings (SSSR count). The Bertz CT molecular complexity index is 858. The molecule has 1 amide bonds. The molecule has 0 spiro atoms. The van der Waals surface area contributed by atoms with Gasteiger partial charge in [-0.15, -0.1) is 0 Å². The van der Waals surface area contributed by atoms with Gasteiger partial charge in [-0.2, -0.15) is 5.26 Å². The van der Waals surface area contributed by atoms with Gasteiger partial charge in [0.25, 0.3) is 5.91 Å². The molecule has 0 aliphatic carbocycles. The summed E-state index contributed by atoms with van der Waals surface area (Å²) in [7, 11) is 1.31. The summed E-state index contributed by atoms with van der Waals surface area (Å²) < 4.78 is 10.3. The Morgan fingerprint density at radius 2 is 2.12 bits per heavy atom. The third kappa shape index (κ3) is 4.45. The minimum atomic E-state index is -0.553. The fraction of sp³-hybridized carbons (Fsp3) is 0.176. The SMILES string of the molecule is COc1cc(NC(=O)COc2cccc(C#N)c2)c(C)cc1[N+](=O)[O-]. The molecule has 0 aliphatic rings. The zero-order chi connectivity index (χ0) is 18.4. The second-order valence-corrected chi connectivity index (χ2v) is 5.07. The van der Waals surface area contributed by atoms with Crippen LogP contribution < -0.4 is 14.8 Å². The first-order valence-corrected chi connectivity index (χ1v) is 7.20. The van der Waals surface area contributed by atoms with Crippen molar-refractivity contribution in [2.45, 2.75) is 6.92 Å². The first-order chi connectivity index (χ1) is 11.9. The summed E-state index contributed by atoms with van der Waals surface area (Å²) in [4.78, 5) is 22.5. The predicted molar refractivity (Wildman–Crippen MR) is 89.7 cm³/mol. The summed E-state index contributed by atoms with van der Waals surface area (Å²) in [5.41, 5.74) is 1.16. The number of methoxy groups -OCH3 is 1. The van der Waals surface area contributed by atoms with E-state index >= 15 is 0 Å². The second kappa shape index (κ2) is 7.79. The minimum absolute atomic E-state index is 0.0496. The number of carbonyl (C=O) groups is 1. The van der Waals surface area contributed by atoms with Crippen molar-refractivity contribution in [2.24, 2.45) is 0 Å². The largest absolute Gasteiger partial charge is 0.490 e. The van der Waals surface area contributed by atoms with Crippen molar-refractivity contribution >= 4 is 17.3 Å². The molecule has 0 unspecified atom stereocenters. The normalized spacial score (nSPS) is 9.80. The molecular formula is C17H15N3O5. The highest BCUT2D eigenvalue weighted by Gasteiger charge is 2.18. The molecule has 0 heterocycles. The number of hydrogen-bond donors (Lipinski definition) is 1. The van der Waals surface area contributed by atoms with E-state index in [1.807, 2.05) is 6.07 Å². The number of aryl methyl sites for hydroxylation is 1. The van der Waals surface area contributed by atoms with Crippen molar-refractivity contribution < 1.29 is 19.2 Å². The number of nitro groups is 1. The topological polar surface area (TPSA) is 114 Å². The van der Waals surface area contributed by atoms with Gasteiger partial charge < -0.3 is 14.8 Å². The number of rotatable bonds is 6. The first-order valence-electron chi connectivity index (χ1n) is 7.20. The van der Waals surface area contributed by atoms with Gasteiger partial charge >= 0.3 is 5.69 Å². The van der Waals surface area contributed by atoms with Gasteiger partial charge in [-0.05, 0) is 30.7 Å². The number of hydrogen-bond acceptors (Lipinski definition) is 6. The smallest absolute Gasteiger partial charge is 0.311 e. The molecule has 0 aliphatic heterocycles. The maximum Gasteiger partial charge on any atom is 0.311 e. The van der Waals surface area contributed by atoms with Gasteiger partial charge in [0.15, 0.2) is 12.4 Å². The maximum absolute atomic E-state index is 12.0. The Hall–Kier alpha value is -3.60. The molecule has 1 N–H and O–H groups in total. The van der Waals surface area contributed by atoms with Gasteiger partial charge in [0, 0.05) is 17.8 Å². The Kier molecular flexibility index (Phi) is 5.53. The van der Waals surface area contributed by atoms with Gasteiger partial charge in [-0.25, -0.2) is 0 Å². The summed E-state index contributed by atoms with van der Waals surface area (Å²) in [6.07, 6.45) is 0. The van der Waals surface area contributed by atoms with Crippen LogP contribution in [-0.4, -0.2) is 24.5 Å². The zero-order valence-electron chi connectivity index (χ0n) is 13.6. The van der Waals surface area contributed by atoms with E-state index in [9.17, 15) is 14.9 Å². The number of nitrogens with one attached hydrogen (secondary N) is 1. The molecule has 0 fully saturated rings. The molecule has 8 nitrogen and oxygen atoms in total. The standard InChI is InChI=1S/C17H15N3O5/c1-11-6-15(20(22)23)16(24-2)8-14(11)19-17(21)10-25-13-5-3-4-12(7-13)9-18/h3-8H,10H2,1-2H3,(H,19,21). The van der Waals surface area contributed by atoms with Gasteiger partial charge in [-0.1, -0.05) is 6.07 Å². The highest BCUT2D eigenvalue weighted by atomic mass is 16.6. The number of benzene rings is 2. The third-order valence-corrected chi connectivity index (χ3v) is 3.33. The van der Waals surface area contributed by atoms with Crippen LogP contribution in [0.15, 0.2) is 36.4 Å². The molecule has 0 aromatic heterocycles. The summed E-state index contributed by atoms with van der Waals surface area (Å²) in [5.74, 6) is 0.00195. The molecule has 0 bridgehead atoms. The highest BCUT2D eigenvalue weighted by molar-refractivity contribution is 5.93. The molecular weight excluding hydrogens is 326 g/mol. The van der Waals surface area contributed by atoms with Gasteiger partial charge in [0.1, 0.15) is 5.75 Å². The minimum Gasteiger partial charge on any atom is -0.490 e. The zero-order valence-corrected chi connectivity index (χ0v) is 13.6. The van der Waals surface area contributed by atoms with Gasteiger partial charge in [0.2, 0.25) is 0 Å². The van der Waals surface area contributed by atoms with E-state index in [1.54, 1.807) is 25.1 Å². The fourth-order valence-electron chi connectivity index (χ4n) is 2.10. The molecule has 0 radical (unpaired) electrons. The van der Waals surface area contributed by atoms with E-state index in [1.165, 1.54) is 25.3 Å². The van der Waals surface area contributed by atoms with E-state index < -0.39 is 10.8 Å². The molecule has 2 aromatic rings. The average Bonchev–Trinajstić information content (AvgIpc) is 2.61. The Morgan fingerprint density at radius 3 is 2.76 bits per heavy atom.